The predicted octanol–water partition coefficient (Wildman–Crippen LogP) is 3.17. The van der Waals surface area contributed by atoms with Gasteiger partial charge in [-0.05, 0) is 12.1 Å². The molecule has 100 valence electrons. The van der Waals surface area contributed by atoms with E-state index in [4.69, 9.17) is 0 Å². The number of nitrogens with zero attached hydrogens (tertiary/aromatic N) is 1. The van der Waals surface area contributed by atoms with Crippen molar-refractivity contribution in [2.24, 2.45) is 0 Å². The highest BCUT2D eigenvalue weighted by Gasteiger charge is 2.23. The molecule has 0 aliphatic heterocycles. The van der Waals surface area contributed by atoms with Crippen LogP contribution in [0.1, 0.15) is 12.5 Å². The van der Waals surface area contributed by atoms with Crippen molar-refractivity contribution in [2.45, 2.75) is 12.8 Å². The first-order valence-electron chi connectivity index (χ1n) is 5.50. The Hall–Kier alpha value is -2.44. The maximum absolute atomic E-state index is 13.0. The van der Waals surface area contributed by atoms with Gasteiger partial charge in [0, 0.05) is 24.4 Å². The number of aromatic nitrogens is 2. The summed E-state index contributed by atoms with van der Waals surface area (Å²) >= 11 is 0. The van der Waals surface area contributed by atoms with Gasteiger partial charge in [-0.3, -0.25) is 5.10 Å². The van der Waals surface area contributed by atoms with Gasteiger partial charge in [-0.15, -0.1) is 0 Å². The zero-order valence-corrected chi connectivity index (χ0v) is 10.1. The van der Waals surface area contributed by atoms with Crippen molar-refractivity contribution < 1.29 is 13.6 Å². The maximum atomic E-state index is 13.0. The lowest BCUT2D eigenvalue weighted by molar-refractivity contribution is 0.0175. The average Bonchev–Trinajstić information content (AvgIpc) is 2.81. The van der Waals surface area contributed by atoms with Crippen LogP contribution in [0.5, 0.6) is 0 Å². The number of anilines is 2. The third-order valence-corrected chi connectivity index (χ3v) is 2.41. The lowest BCUT2D eigenvalue weighted by Crippen LogP contribution is -2.19. The van der Waals surface area contributed by atoms with Crippen LogP contribution in [0.2, 0.25) is 0 Å². The summed E-state index contributed by atoms with van der Waals surface area (Å²) in [6, 6.07) is 4.90. The molecule has 3 N–H and O–H groups in total. The first-order valence-corrected chi connectivity index (χ1v) is 5.50. The minimum Gasteiger partial charge on any atom is -0.308 e. The lowest BCUT2D eigenvalue weighted by Gasteiger charge is -2.11. The van der Waals surface area contributed by atoms with E-state index in [1.165, 1.54) is 36.7 Å². The van der Waals surface area contributed by atoms with E-state index < -0.39 is 12.0 Å². The SMILES string of the molecule is CC(F)(F)c1ccc(NC(=O)Nc2cn[nH]c2)cc1. The van der Waals surface area contributed by atoms with Gasteiger partial charge in [0.05, 0.1) is 11.9 Å². The van der Waals surface area contributed by atoms with E-state index in [1.807, 2.05) is 0 Å². The van der Waals surface area contributed by atoms with Crippen LogP contribution >= 0.6 is 0 Å². The number of H-pyrrole nitrogens is 1. The normalized spacial score (nSPS) is 11.1. The zero-order valence-electron chi connectivity index (χ0n) is 10.1. The molecule has 5 nitrogen and oxygen atoms in total. The summed E-state index contributed by atoms with van der Waals surface area (Å²) in [4.78, 5) is 11.5. The average molecular weight is 266 g/mol. The Bertz CT molecular complexity index is 546. The molecular weight excluding hydrogens is 254 g/mol. The van der Waals surface area contributed by atoms with Gasteiger partial charge in [0.2, 0.25) is 0 Å². The summed E-state index contributed by atoms with van der Waals surface area (Å²) in [6.45, 7) is 0.820. The van der Waals surface area contributed by atoms with Gasteiger partial charge in [0.25, 0.3) is 5.92 Å². The number of carbonyl (C=O) groups excluding carboxylic acids is 1. The fourth-order valence-corrected chi connectivity index (χ4v) is 1.46. The molecule has 2 amide bonds. The first kappa shape index (κ1) is 13.0. The fourth-order valence-electron chi connectivity index (χ4n) is 1.46. The van der Waals surface area contributed by atoms with Crippen molar-refractivity contribution >= 4 is 17.4 Å². The summed E-state index contributed by atoms with van der Waals surface area (Å²) in [5.41, 5.74) is 0.830. The second kappa shape index (κ2) is 5.05. The summed E-state index contributed by atoms with van der Waals surface area (Å²) in [7, 11) is 0. The van der Waals surface area contributed by atoms with E-state index in [1.54, 1.807) is 0 Å². The zero-order chi connectivity index (χ0) is 13.9. The molecule has 0 saturated heterocycles. The molecule has 1 aromatic heterocycles. The first-order chi connectivity index (χ1) is 8.95. The Morgan fingerprint density at radius 2 is 1.84 bits per heavy atom. The molecule has 0 atom stereocenters. The van der Waals surface area contributed by atoms with Crippen LogP contribution in [-0.2, 0) is 5.92 Å². The molecule has 0 aliphatic rings. The lowest BCUT2D eigenvalue weighted by atomic mass is 10.1. The number of hydrogen-bond donors (Lipinski definition) is 3. The summed E-state index contributed by atoms with van der Waals surface area (Å²) in [6.07, 6.45) is 2.96. The van der Waals surface area contributed by atoms with Crippen LogP contribution in [-0.4, -0.2) is 16.2 Å². The van der Waals surface area contributed by atoms with Crippen LogP contribution in [0.3, 0.4) is 0 Å². The molecule has 0 aliphatic carbocycles. The molecule has 7 heteroatoms. The van der Waals surface area contributed by atoms with Crippen molar-refractivity contribution in [3.05, 3.63) is 42.2 Å². The van der Waals surface area contributed by atoms with Crippen LogP contribution in [0.15, 0.2) is 36.7 Å². The van der Waals surface area contributed by atoms with E-state index in [-0.39, 0.29) is 5.56 Å². The summed E-state index contributed by atoms with van der Waals surface area (Å²) in [5.74, 6) is -2.89. The van der Waals surface area contributed by atoms with Gasteiger partial charge in [0.1, 0.15) is 0 Å². The summed E-state index contributed by atoms with van der Waals surface area (Å²) < 4.78 is 26.0. The number of amides is 2. The van der Waals surface area contributed by atoms with Crippen LogP contribution in [0.4, 0.5) is 25.0 Å². The number of urea groups is 1. The molecule has 19 heavy (non-hydrogen) atoms. The van der Waals surface area contributed by atoms with E-state index in [0.717, 1.165) is 6.92 Å². The monoisotopic (exact) mass is 266 g/mol. The minimum atomic E-state index is -2.89. The molecule has 2 aromatic rings. The standard InChI is InChI=1S/C12H12F2N4O/c1-12(13,14)8-2-4-9(5-3-8)17-11(19)18-10-6-15-16-7-10/h2-7H,1H3,(H,15,16)(H2,17,18,19). The molecule has 0 saturated carbocycles. The Morgan fingerprint density at radius 1 is 1.21 bits per heavy atom. The number of aromatic amines is 1. The molecule has 1 heterocycles. The molecule has 0 spiro atoms. The Morgan fingerprint density at radius 3 is 2.37 bits per heavy atom. The molecule has 2 rings (SSSR count). The predicted molar refractivity (Wildman–Crippen MR) is 67.2 cm³/mol. The number of halogens is 2. The largest absolute Gasteiger partial charge is 0.323 e. The molecule has 0 unspecified atom stereocenters. The highest BCUT2D eigenvalue weighted by Crippen LogP contribution is 2.27. The smallest absolute Gasteiger partial charge is 0.308 e. The van der Waals surface area contributed by atoms with Crippen molar-refractivity contribution in [3.63, 3.8) is 0 Å². The van der Waals surface area contributed by atoms with Crippen molar-refractivity contribution in [1.29, 1.82) is 0 Å². The number of nitrogens with one attached hydrogen (secondary N) is 3. The topological polar surface area (TPSA) is 69.8 Å². The van der Waals surface area contributed by atoms with Crippen molar-refractivity contribution in [1.82, 2.24) is 10.2 Å². The third-order valence-electron chi connectivity index (χ3n) is 2.41. The van der Waals surface area contributed by atoms with E-state index in [0.29, 0.717) is 11.4 Å². The molecule has 0 bridgehead atoms. The number of alkyl halides is 2. The molecule has 0 radical (unpaired) electrons. The third kappa shape index (κ3) is 3.51. The van der Waals surface area contributed by atoms with Gasteiger partial charge in [0.15, 0.2) is 0 Å². The van der Waals surface area contributed by atoms with Crippen molar-refractivity contribution in [2.75, 3.05) is 10.6 Å². The van der Waals surface area contributed by atoms with Crippen LogP contribution < -0.4 is 10.6 Å². The van der Waals surface area contributed by atoms with Crippen LogP contribution in [0.25, 0.3) is 0 Å². The number of rotatable bonds is 3. The Kier molecular flexibility index (Phi) is 3.46. The minimum absolute atomic E-state index is 0.103. The van der Waals surface area contributed by atoms with Crippen LogP contribution in [0, 0.1) is 0 Å². The maximum Gasteiger partial charge on any atom is 0.323 e. The van der Waals surface area contributed by atoms with E-state index >= 15 is 0 Å². The second-order valence-corrected chi connectivity index (χ2v) is 4.03. The van der Waals surface area contributed by atoms with Gasteiger partial charge in [-0.25, -0.2) is 13.6 Å². The molecule has 0 fully saturated rings. The Balaban J connectivity index is 1.98. The number of benzene rings is 1. The molecular formula is C12H12F2N4O. The summed E-state index contributed by atoms with van der Waals surface area (Å²) in [5, 5.41) is 11.3. The van der Waals surface area contributed by atoms with E-state index in [9.17, 15) is 13.6 Å². The van der Waals surface area contributed by atoms with Gasteiger partial charge < -0.3 is 10.6 Å². The van der Waals surface area contributed by atoms with Crippen molar-refractivity contribution in [3.8, 4) is 0 Å². The Labute approximate surface area is 108 Å². The number of hydrogen-bond acceptors (Lipinski definition) is 2. The second-order valence-electron chi connectivity index (χ2n) is 4.03. The van der Waals surface area contributed by atoms with Gasteiger partial charge >= 0.3 is 6.03 Å². The van der Waals surface area contributed by atoms with E-state index in [2.05, 4.69) is 20.8 Å². The number of carbonyl (C=O) groups is 1. The fraction of sp³-hybridized carbons (Fsp3) is 0.167. The highest BCUT2D eigenvalue weighted by molar-refractivity contribution is 5.99. The highest BCUT2D eigenvalue weighted by atomic mass is 19.3. The quantitative estimate of drug-likeness (QED) is 0.798. The molecule has 1 aromatic carbocycles. The van der Waals surface area contributed by atoms with Gasteiger partial charge in [-0.1, -0.05) is 12.1 Å². The van der Waals surface area contributed by atoms with Gasteiger partial charge in [-0.2, -0.15) is 5.10 Å².